The summed E-state index contributed by atoms with van der Waals surface area (Å²) in [6.07, 6.45) is 1.76. The number of rotatable bonds is 7. The Morgan fingerprint density at radius 1 is 1.00 bits per heavy atom. The van der Waals surface area contributed by atoms with Crippen molar-refractivity contribution >= 4 is 11.8 Å². The standard InChI is InChI=1S/C23H28N2O2S/c1-23(2,3)19-9-5-18(6-10-19)16-28-22-24-13-20(15-26)25(22)14-17-7-11-21(27-4)12-8-17/h5-13,26H,14-16H2,1-4H3. The van der Waals surface area contributed by atoms with Gasteiger partial charge < -0.3 is 14.4 Å². The quantitative estimate of drug-likeness (QED) is 0.570. The maximum atomic E-state index is 9.69. The molecule has 3 aromatic rings. The summed E-state index contributed by atoms with van der Waals surface area (Å²) in [7, 11) is 1.66. The molecule has 0 fully saturated rings. The van der Waals surface area contributed by atoms with Gasteiger partial charge in [-0.2, -0.15) is 0 Å². The lowest BCUT2D eigenvalue weighted by atomic mass is 9.87. The molecule has 0 aliphatic rings. The van der Waals surface area contributed by atoms with Crippen molar-refractivity contribution in [1.29, 1.82) is 0 Å². The average molecular weight is 397 g/mol. The Labute approximate surface area is 171 Å². The molecule has 0 aliphatic heterocycles. The van der Waals surface area contributed by atoms with Crippen LogP contribution in [-0.4, -0.2) is 21.8 Å². The van der Waals surface area contributed by atoms with E-state index in [1.807, 2.05) is 24.3 Å². The number of methoxy groups -OCH3 is 1. The second kappa shape index (κ2) is 8.84. The third-order valence-corrected chi connectivity index (χ3v) is 5.81. The van der Waals surface area contributed by atoms with E-state index in [-0.39, 0.29) is 12.0 Å². The van der Waals surface area contributed by atoms with Crippen LogP contribution in [0.2, 0.25) is 0 Å². The fraction of sp³-hybridized carbons (Fsp3) is 0.348. The lowest BCUT2D eigenvalue weighted by molar-refractivity contribution is 0.270. The highest BCUT2D eigenvalue weighted by Gasteiger charge is 2.14. The molecule has 148 valence electrons. The van der Waals surface area contributed by atoms with E-state index >= 15 is 0 Å². The lowest BCUT2D eigenvalue weighted by Crippen LogP contribution is -2.10. The SMILES string of the molecule is COc1ccc(Cn2c(CO)cnc2SCc2ccc(C(C)(C)C)cc2)cc1. The number of thioether (sulfide) groups is 1. The van der Waals surface area contributed by atoms with E-state index in [9.17, 15) is 5.11 Å². The number of aliphatic hydroxyl groups is 1. The fourth-order valence-electron chi connectivity index (χ4n) is 2.96. The summed E-state index contributed by atoms with van der Waals surface area (Å²) >= 11 is 1.69. The van der Waals surface area contributed by atoms with Crippen molar-refractivity contribution < 1.29 is 9.84 Å². The van der Waals surface area contributed by atoms with E-state index in [0.717, 1.165) is 27.9 Å². The van der Waals surface area contributed by atoms with E-state index < -0.39 is 0 Å². The zero-order chi connectivity index (χ0) is 20.1. The Hall–Kier alpha value is -2.24. The molecule has 2 aromatic carbocycles. The summed E-state index contributed by atoms with van der Waals surface area (Å²) in [5.41, 5.74) is 4.73. The molecule has 5 heteroatoms. The molecule has 0 radical (unpaired) electrons. The highest BCUT2D eigenvalue weighted by atomic mass is 32.2. The maximum absolute atomic E-state index is 9.69. The molecule has 0 spiro atoms. The first-order valence-electron chi connectivity index (χ1n) is 9.41. The minimum Gasteiger partial charge on any atom is -0.497 e. The molecular formula is C23H28N2O2S. The molecule has 1 heterocycles. The Balaban J connectivity index is 1.72. The molecule has 1 N–H and O–H groups in total. The van der Waals surface area contributed by atoms with Crippen molar-refractivity contribution in [2.75, 3.05) is 7.11 Å². The molecule has 0 unspecified atom stereocenters. The minimum atomic E-state index is -0.0238. The van der Waals surface area contributed by atoms with Gasteiger partial charge in [0.1, 0.15) is 5.75 Å². The maximum Gasteiger partial charge on any atom is 0.168 e. The third-order valence-electron chi connectivity index (χ3n) is 4.75. The van der Waals surface area contributed by atoms with Crippen LogP contribution in [0.4, 0.5) is 0 Å². The van der Waals surface area contributed by atoms with Gasteiger partial charge in [0.25, 0.3) is 0 Å². The molecule has 4 nitrogen and oxygen atoms in total. The topological polar surface area (TPSA) is 47.3 Å². The molecule has 3 rings (SSSR count). The number of imidazole rings is 1. The predicted octanol–water partition coefficient (Wildman–Crippen LogP) is 5.02. The number of aliphatic hydroxyl groups excluding tert-OH is 1. The second-order valence-corrected chi connectivity index (χ2v) is 8.80. The lowest BCUT2D eigenvalue weighted by Gasteiger charge is -2.19. The van der Waals surface area contributed by atoms with Gasteiger partial charge in [-0.1, -0.05) is 68.9 Å². The van der Waals surface area contributed by atoms with Crippen LogP contribution in [0.5, 0.6) is 5.75 Å². The van der Waals surface area contributed by atoms with Gasteiger partial charge in [0, 0.05) is 12.3 Å². The van der Waals surface area contributed by atoms with Crippen LogP contribution >= 0.6 is 11.8 Å². The van der Waals surface area contributed by atoms with E-state index in [4.69, 9.17) is 4.74 Å². The first kappa shape index (κ1) is 20.5. The highest BCUT2D eigenvalue weighted by molar-refractivity contribution is 7.98. The van der Waals surface area contributed by atoms with Gasteiger partial charge in [-0.25, -0.2) is 4.98 Å². The van der Waals surface area contributed by atoms with E-state index in [1.54, 1.807) is 25.1 Å². The van der Waals surface area contributed by atoms with Gasteiger partial charge in [-0.3, -0.25) is 0 Å². The number of nitrogens with zero attached hydrogens (tertiary/aromatic N) is 2. The summed E-state index contributed by atoms with van der Waals surface area (Å²) in [6.45, 7) is 7.32. The van der Waals surface area contributed by atoms with Crippen LogP contribution in [-0.2, 0) is 24.3 Å². The van der Waals surface area contributed by atoms with Gasteiger partial charge in [0.15, 0.2) is 5.16 Å². The second-order valence-electron chi connectivity index (χ2n) is 7.86. The van der Waals surface area contributed by atoms with Gasteiger partial charge >= 0.3 is 0 Å². The summed E-state index contributed by atoms with van der Waals surface area (Å²) in [6, 6.07) is 16.8. The van der Waals surface area contributed by atoms with E-state index in [2.05, 4.69) is 54.6 Å². The molecular weight excluding hydrogens is 368 g/mol. The van der Waals surface area contributed by atoms with Gasteiger partial charge in [-0.15, -0.1) is 0 Å². The number of hydrogen-bond donors (Lipinski definition) is 1. The number of benzene rings is 2. The van der Waals surface area contributed by atoms with Crippen molar-refractivity contribution in [1.82, 2.24) is 9.55 Å². The predicted molar refractivity (Wildman–Crippen MR) is 115 cm³/mol. The summed E-state index contributed by atoms with van der Waals surface area (Å²) < 4.78 is 7.31. The first-order valence-corrected chi connectivity index (χ1v) is 10.4. The van der Waals surface area contributed by atoms with Gasteiger partial charge in [0.2, 0.25) is 0 Å². The number of aromatic nitrogens is 2. The summed E-state index contributed by atoms with van der Waals surface area (Å²) in [5, 5.41) is 10.6. The monoisotopic (exact) mass is 396 g/mol. The molecule has 0 saturated heterocycles. The fourth-order valence-corrected chi connectivity index (χ4v) is 3.92. The molecule has 28 heavy (non-hydrogen) atoms. The first-order chi connectivity index (χ1) is 13.4. The molecule has 0 saturated carbocycles. The minimum absolute atomic E-state index is 0.0238. The number of ether oxygens (including phenoxy) is 1. The summed E-state index contributed by atoms with van der Waals surface area (Å²) in [4.78, 5) is 4.53. The van der Waals surface area contributed by atoms with Crippen molar-refractivity contribution in [2.45, 2.75) is 50.2 Å². The Kier molecular flexibility index (Phi) is 6.47. The molecule has 0 amide bonds. The van der Waals surface area contributed by atoms with E-state index in [1.165, 1.54) is 11.1 Å². The molecule has 0 atom stereocenters. The van der Waals surface area contributed by atoms with Crippen LogP contribution in [0.3, 0.4) is 0 Å². The van der Waals surface area contributed by atoms with Gasteiger partial charge in [0.05, 0.1) is 25.6 Å². The Bertz CT molecular complexity index is 894. The average Bonchev–Trinajstić information content (AvgIpc) is 3.08. The molecule has 1 aromatic heterocycles. The Morgan fingerprint density at radius 2 is 1.64 bits per heavy atom. The van der Waals surface area contributed by atoms with Crippen molar-refractivity contribution in [3.8, 4) is 5.75 Å². The zero-order valence-electron chi connectivity index (χ0n) is 17.0. The number of hydrogen-bond acceptors (Lipinski definition) is 4. The Morgan fingerprint density at radius 3 is 2.21 bits per heavy atom. The molecule has 0 bridgehead atoms. The van der Waals surface area contributed by atoms with Crippen molar-refractivity contribution in [2.24, 2.45) is 0 Å². The highest BCUT2D eigenvalue weighted by Crippen LogP contribution is 2.27. The molecule has 0 aliphatic carbocycles. The van der Waals surface area contributed by atoms with Crippen LogP contribution in [0.25, 0.3) is 0 Å². The van der Waals surface area contributed by atoms with Crippen LogP contribution in [0.1, 0.15) is 43.2 Å². The van der Waals surface area contributed by atoms with Crippen LogP contribution in [0.15, 0.2) is 59.9 Å². The van der Waals surface area contributed by atoms with Crippen LogP contribution in [0, 0.1) is 0 Å². The van der Waals surface area contributed by atoms with Gasteiger partial charge in [-0.05, 0) is 34.2 Å². The van der Waals surface area contributed by atoms with Crippen molar-refractivity contribution in [3.63, 3.8) is 0 Å². The smallest absolute Gasteiger partial charge is 0.168 e. The third kappa shape index (κ3) is 4.97. The van der Waals surface area contributed by atoms with Crippen LogP contribution < -0.4 is 4.74 Å². The zero-order valence-corrected chi connectivity index (χ0v) is 17.8. The van der Waals surface area contributed by atoms with Crippen molar-refractivity contribution in [3.05, 3.63) is 77.1 Å². The largest absolute Gasteiger partial charge is 0.497 e. The normalized spacial score (nSPS) is 11.6. The van der Waals surface area contributed by atoms with E-state index in [0.29, 0.717) is 6.54 Å². The summed E-state index contributed by atoms with van der Waals surface area (Å²) in [5.74, 6) is 1.68.